The fraction of sp³-hybridized carbons (Fsp3) is 0.680. The molecule has 2 aromatic rings. The van der Waals surface area contributed by atoms with Gasteiger partial charge >= 0.3 is 0 Å². The first-order valence-corrected chi connectivity index (χ1v) is 11.7. The molecule has 0 saturated heterocycles. The molecule has 1 amide bonds. The molecule has 0 aliphatic carbocycles. The number of fused-ring (bicyclic) bond motifs is 1. The molecule has 4 heteroatoms. The Morgan fingerprint density at radius 1 is 0.931 bits per heavy atom. The van der Waals surface area contributed by atoms with E-state index >= 15 is 0 Å². The monoisotopic (exact) mass is 399 g/mol. The predicted octanol–water partition coefficient (Wildman–Crippen LogP) is 6.62. The van der Waals surface area contributed by atoms with Crippen LogP contribution in [0.3, 0.4) is 0 Å². The molecule has 0 radical (unpaired) electrons. The Morgan fingerprint density at radius 3 is 2.14 bits per heavy atom. The van der Waals surface area contributed by atoms with E-state index in [0.29, 0.717) is 6.54 Å². The third-order valence-electron chi connectivity index (χ3n) is 5.56. The van der Waals surface area contributed by atoms with Crippen LogP contribution < -0.4 is 5.32 Å². The Morgan fingerprint density at radius 2 is 1.52 bits per heavy atom. The van der Waals surface area contributed by atoms with E-state index < -0.39 is 0 Å². The topological polar surface area (TPSA) is 46.9 Å². The number of aromatic nitrogens is 2. The SMILES string of the molecule is CCCCCCCCCCCCn1c(CNC(=O)C(C)(C)C)nc2ccccc21. The van der Waals surface area contributed by atoms with Crippen molar-refractivity contribution in [3.8, 4) is 0 Å². The molecule has 0 unspecified atom stereocenters. The highest BCUT2D eigenvalue weighted by molar-refractivity contribution is 5.81. The first kappa shape index (κ1) is 23.4. The Bertz CT molecular complexity index is 742. The Balaban J connectivity index is 1.82. The van der Waals surface area contributed by atoms with Crippen LogP contribution in [0.25, 0.3) is 11.0 Å². The van der Waals surface area contributed by atoms with E-state index in [4.69, 9.17) is 4.98 Å². The van der Waals surface area contributed by atoms with Gasteiger partial charge in [-0.15, -0.1) is 0 Å². The van der Waals surface area contributed by atoms with E-state index in [-0.39, 0.29) is 11.3 Å². The van der Waals surface area contributed by atoms with Gasteiger partial charge in [0.1, 0.15) is 5.82 Å². The molecule has 0 aliphatic rings. The van der Waals surface area contributed by atoms with Gasteiger partial charge in [-0.05, 0) is 18.6 Å². The molecule has 0 bridgehead atoms. The first-order chi connectivity index (χ1) is 13.9. The van der Waals surface area contributed by atoms with Gasteiger partial charge in [-0.1, -0.05) is 97.6 Å². The number of carbonyl (C=O) groups excluding carboxylic acids is 1. The van der Waals surface area contributed by atoms with Crippen molar-refractivity contribution in [3.63, 3.8) is 0 Å². The van der Waals surface area contributed by atoms with Crippen molar-refractivity contribution in [1.82, 2.24) is 14.9 Å². The quantitative estimate of drug-likeness (QED) is 0.385. The number of hydrogen-bond acceptors (Lipinski definition) is 2. The second-order valence-electron chi connectivity index (χ2n) is 9.28. The summed E-state index contributed by atoms with van der Waals surface area (Å²) < 4.78 is 2.29. The lowest BCUT2D eigenvalue weighted by molar-refractivity contribution is -0.128. The summed E-state index contributed by atoms with van der Waals surface area (Å²) >= 11 is 0. The summed E-state index contributed by atoms with van der Waals surface area (Å²) in [6.45, 7) is 9.55. The largest absolute Gasteiger partial charge is 0.348 e. The standard InChI is InChI=1S/C25H41N3O/c1-5-6-7-8-9-10-11-12-13-16-19-28-22-18-15-14-17-21(22)27-23(28)20-26-24(29)25(2,3)4/h14-15,17-18H,5-13,16,19-20H2,1-4H3,(H,26,29). The average Bonchev–Trinajstić information content (AvgIpc) is 3.04. The van der Waals surface area contributed by atoms with Gasteiger partial charge in [0.15, 0.2) is 0 Å². The van der Waals surface area contributed by atoms with E-state index in [2.05, 4.69) is 35.0 Å². The molecule has 0 saturated carbocycles. The lowest BCUT2D eigenvalue weighted by Gasteiger charge is -2.18. The number of benzene rings is 1. The van der Waals surface area contributed by atoms with Crippen molar-refractivity contribution in [1.29, 1.82) is 0 Å². The number of rotatable bonds is 13. The summed E-state index contributed by atoms with van der Waals surface area (Å²) in [5.74, 6) is 1.02. The van der Waals surface area contributed by atoms with Crippen LogP contribution in [0.5, 0.6) is 0 Å². The zero-order chi connectivity index (χ0) is 21.1. The highest BCUT2D eigenvalue weighted by Gasteiger charge is 2.21. The molecular weight excluding hydrogens is 358 g/mol. The number of nitrogens with one attached hydrogen (secondary N) is 1. The van der Waals surface area contributed by atoms with Crippen molar-refractivity contribution in [3.05, 3.63) is 30.1 Å². The van der Waals surface area contributed by atoms with E-state index in [1.807, 2.05) is 26.8 Å². The Kier molecular flexibility index (Phi) is 9.69. The van der Waals surface area contributed by atoms with E-state index in [1.54, 1.807) is 0 Å². The van der Waals surface area contributed by atoms with Crippen molar-refractivity contribution in [2.45, 2.75) is 105 Å². The minimum absolute atomic E-state index is 0.0649. The highest BCUT2D eigenvalue weighted by Crippen LogP contribution is 2.19. The average molecular weight is 400 g/mol. The van der Waals surface area contributed by atoms with Gasteiger partial charge in [0.2, 0.25) is 5.91 Å². The van der Waals surface area contributed by atoms with Gasteiger partial charge in [0, 0.05) is 12.0 Å². The number of aryl methyl sites for hydroxylation is 1. The normalized spacial score (nSPS) is 11.9. The minimum Gasteiger partial charge on any atom is -0.348 e. The second kappa shape index (κ2) is 12.0. The smallest absolute Gasteiger partial charge is 0.225 e. The predicted molar refractivity (Wildman–Crippen MR) is 123 cm³/mol. The van der Waals surface area contributed by atoms with E-state index in [0.717, 1.165) is 24.3 Å². The molecule has 0 atom stereocenters. The van der Waals surface area contributed by atoms with E-state index in [9.17, 15) is 4.79 Å². The van der Waals surface area contributed by atoms with Crippen molar-refractivity contribution >= 4 is 16.9 Å². The van der Waals surface area contributed by atoms with Crippen LogP contribution in [-0.2, 0) is 17.9 Å². The molecule has 1 aromatic heterocycles. The molecule has 0 aliphatic heterocycles. The first-order valence-electron chi connectivity index (χ1n) is 11.7. The van der Waals surface area contributed by atoms with E-state index in [1.165, 1.54) is 63.3 Å². The summed E-state index contributed by atoms with van der Waals surface area (Å²) in [4.78, 5) is 17.0. The third-order valence-corrected chi connectivity index (χ3v) is 5.56. The fourth-order valence-corrected chi connectivity index (χ4v) is 3.69. The molecular formula is C25H41N3O. The van der Waals surface area contributed by atoms with Crippen LogP contribution in [0.4, 0.5) is 0 Å². The van der Waals surface area contributed by atoms with Gasteiger partial charge in [-0.25, -0.2) is 4.98 Å². The van der Waals surface area contributed by atoms with Crippen molar-refractivity contribution in [2.75, 3.05) is 0 Å². The molecule has 4 nitrogen and oxygen atoms in total. The maximum absolute atomic E-state index is 12.3. The maximum atomic E-state index is 12.3. The zero-order valence-electron chi connectivity index (χ0n) is 19.1. The number of carbonyl (C=O) groups is 1. The zero-order valence-corrected chi connectivity index (χ0v) is 19.1. The summed E-state index contributed by atoms with van der Waals surface area (Å²) in [6.07, 6.45) is 13.4. The Hall–Kier alpha value is -1.84. The van der Waals surface area contributed by atoms with Crippen LogP contribution in [0.15, 0.2) is 24.3 Å². The minimum atomic E-state index is -0.382. The summed E-state index contributed by atoms with van der Waals surface area (Å²) in [6, 6.07) is 8.28. The maximum Gasteiger partial charge on any atom is 0.225 e. The number of nitrogens with zero attached hydrogens (tertiary/aromatic N) is 2. The van der Waals surface area contributed by atoms with Crippen molar-refractivity contribution in [2.24, 2.45) is 5.41 Å². The number of unbranched alkanes of at least 4 members (excludes halogenated alkanes) is 9. The molecule has 162 valence electrons. The molecule has 2 rings (SSSR count). The lowest BCUT2D eigenvalue weighted by atomic mass is 9.96. The Labute approximate surface area is 177 Å². The fourth-order valence-electron chi connectivity index (χ4n) is 3.69. The number of imidazole rings is 1. The van der Waals surface area contributed by atoms with Gasteiger partial charge in [0.05, 0.1) is 17.6 Å². The van der Waals surface area contributed by atoms with Gasteiger partial charge in [-0.3, -0.25) is 4.79 Å². The summed E-state index contributed by atoms with van der Waals surface area (Å²) in [7, 11) is 0. The van der Waals surface area contributed by atoms with Crippen LogP contribution in [0.1, 0.15) is 97.7 Å². The van der Waals surface area contributed by atoms with Gasteiger partial charge in [-0.2, -0.15) is 0 Å². The molecule has 29 heavy (non-hydrogen) atoms. The van der Waals surface area contributed by atoms with Crippen LogP contribution in [-0.4, -0.2) is 15.5 Å². The lowest BCUT2D eigenvalue weighted by Crippen LogP contribution is -2.35. The number of hydrogen-bond donors (Lipinski definition) is 1. The molecule has 0 spiro atoms. The van der Waals surface area contributed by atoms with Gasteiger partial charge < -0.3 is 9.88 Å². The van der Waals surface area contributed by atoms with Crippen LogP contribution >= 0.6 is 0 Å². The molecule has 1 N–H and O–H groups in total. The van der Waals surface area contributed by atoms with Crippen molar-refractivity contribution < 1.29 is 4.79 Å². The summed E-state index contributed by atoms with van der Waals surface area (Å²) in [5.41, 5.74) is 1.80. The second-order valence-corrected chi connectivity index (χ2v) is 9.28. The van der Waals surface area contributed by atoms with Crippen LogP contribution in [0.2, 0.25) is 0 Å². The van der Waals surface area contributed by atoms with Crippen LogP contribution in [0, 0.1) is 5.41 Å². The molecule has 1 heterocycles. The third kappa shape index (κ3) is 7.83. The number of amides is 1. The molecule has 0 fully saturated rings. The van der Waals surface area contributed by atoms with Gasteiger partial charge in [0.25, 0.3) is 0 Å². The summed E-state index contributed by atoms with van der Waals surface area (Å²) in [5, 5.41) is 3.06. The highest BCUT2D eigenvalue weighted by atomic mass is 16.2. The molecule has 1 aromatic carbocycles. The number of para-hydroxylation sites is 2.